The van der Waals surface area contributed by atoms with Crippen LogP contribution in [0.25, 0.3) is 5.69 Å². The third-order valence-electron chi connectivity index (χ3n) is 4.33. The number of hydrogen-bond donors (Lipinski definition) is 1. The molecule has 0 saturated heterocycles. The Labute approximate surface area is 159 Å². The maximum Gasteiger partial charge on any atom is 0.277 e. The molecule has 1 heterocycles. The lowest BCUT2D eigenvalue weighted by atomic mass is 10.2. The molecule has 0 aliphatic carbocycles. The normalized spacial score (nSPS) is 10.9. The SMILES string of the molecule is Cc1ccccc1OCC(=O)N/N=C\c1cc(C)n(-c2ccccc2)c1C. The average Bonchev–Trinajstić information content (AvgIpc) is 2.95. The van der Waals surface area contributed by atoms with E-state index in [0.717, 1.165) is 28.2 Å². The van der Waals surface area contributed by atoms with Gasteiger partial charge in [0, 0.05) is 22.6 Å². The van der Waals surface area contributed by atoms with E-state index in [2.05, 4.69) is 27.2 Å². The molecule has 0 spiro atoms. The van der Waals surface area contributed by atoms with Crippen LogP contribution in [0, 0.1) is 20.8 Å². The number of hydrogen-bond acceptors (Lipinski definition) is 3. The summed E-state index contributed by atoms with van der Waals surface area (Å²) in [5.74, 6) is 0.398. The smallest absolute Gasteiger partial charge is 0.277 e. The van der Waals surface area contributed by atoms with Crippen molar-refractivity contribution < 1.29 is 9.53 Å². The van der Waals surface area contributed by atoms with E-state index in [4.69, 9.17) is 4.74 Å². The maximum absolute atomic E-state index is 11.9. The fourth-order valence-electron chi connectivity index (χ4n) is 2.96. The molecule has 27 heavy (non-hydrogen) atoms. The molecule has 3 aromatic rings. The van der Waals surface area contributed by atoms with Gasteiger partial charge in [-0.25, -0.2) is 5.43 Å². The van der Waals surface area contributed by atoms with E-state index in [-0.39, 0.29) is 12.5 Å². The summed E-state index contributed by atoms with van der Waals surface area (Å²) in [5, 5.41) is 4.07. The van der Waals surface area contributed by atoms with Gasteiger partial charge >= 0.3 is 0 Å². The van der Waals surface area contributed by atoms with Gasteiger partial charge in [0.05, 0.1) is 6.21 Å². The van der Waals surface area contributed by atoms with E-state index >= 15 is 0 Å². The van der Waals surface area contributed by atoms with E-state index in [1.54, 1.807) is 6.21 Å². The van der Waals surface area contributed by atoms with Gasteiger partial charge in [-0.05, 0) is 50.6 Å². The zero-order valence-corrected chi connectivity index (χ0v) is 15.8. The Balaban J connectivity index is 1.62. The summed E-state index contributed by atoms with van der Waals surface area (Å²) in [7, 11) is 0. The lowest BCUT2D eigenvalue weighted by Gasteiger charge is -2.09. The molecular weight excluding hydrogens is 338 g/mol. The highest BCUT2D eigenvalue weighted by Gasteiger charge is 2.09. The third kappa shape index (κ3) is 4.44. The largest absolute Gasteiger partial charge is 0.483 e. The van der Waals surface area contributed by atoms with E-state index in [0.29, 0.717) is 5.75 Å². The molecule has 0 unspecified atom stereocenters. The molecule has 1 aromatic heterocycles. The fraction of sp³-hybridized carbons (Fsp3) is 0.182. The molecule has 1 amide bonds. The molecule has 0 radical (unpaired) electrons. The van der Waals surface area contributed by atoms with Gasteiger partial charge in [-0.1, -0.05) is 36.4 Å². The highest BCUT2D eigenvalue weighted by Crippen LogP contribution is 2.19. The van der Waals surface area contributed by atoms with Gasteiger partial charge in [0.15, 0.2) is 6.61 Å². The monoisotopic (exact) mass is 361 g/mol. The second-order valence-corrected chi connectivity index (χ2v) is 6.34. The number of carbonyl (C=O) groups is 1. The van der Waals surface area contributed by atoms with Crippen molar-refractivity contribution in [2.24, 2.45) is 5.10 Å². The number of amides is 1. The number of hydrazone groups is 1. The summed E-state index contributed by atoms with van der Waals surface area (Å²) >= 11 is 0. The summed E-state index contributed by atoms with van der Waals surface area (Å²) in [6.07, 6.45) is 1.66. The molecule has 2 aromatic carbocycles. The average molecular weight is 361 g/mol. The molecule has 0 atom stereocenters. The van der Waals surface area contributed by atoms with Crippen LogP contribution in [0.3, 0.4) is 0 Å². The van der Waals surface area contributed by atoms with Gasteiger partial charge in [-0.2, -0.15) is 5.10 Å². The van der Waals surface area contributed by atoms with Crippen LogP contribution in [0.5, 0.6) is 5.75 Å². The molecule has 1 N–H and O–H groups in total. The van der Waals surface area contributed by atoms with Gasteiger partial charge in [0.25, 0.3) is 5.91 Å². The van der Waals surface area contributed by atoms with Crippen molar-refractivity contribution in [3.63, 3.8) is 0 Å². The molecule has 5 heteroatoms. The van der Waals surface area contributed by atoms with Gasteiger partial charge in [0.2, 0.25) is 0 Å². The van der Waals surface area contributed by atoms with E-state index in [1.165, 1.54) is 0 Å². The van der Waals surface area contributed by atoms with Crippen LogP contribution in [-0.4, -0.2) is 23.3 Å². The first kappa shape index (κ1) is 18.5. The number of aryl methyl sites for hydroxylation is 2. The number of benzene rings is 2. The van der Waals surface area contributed by atoms with E-state index in [9.17, 15) is 4.79 Å². The van der Waals surface area contributed by atoms with Crippen molar-refractivity contribution in [1.29, 1.82) is 0 Å². The predicted molar refractivity (Wildman–Crippen MR) is 108 cm³/mol. The van der Waals surface area contributed by atoms with Crippen molar-refractivity contribution >= 4 is 12.1 Å². The van der Waals surface area contributed by atoms with Gasteiger partial charge in [-0.15, -0.1) is 0 Å². The number of para-hydroxylation sites is 2. The number of rotatable bonds is 6. The molecule has 0 saturated carbocycles. The Morgan fingerprint density at radius 2 is 1.78 bits per heavy atom. The third-order valence-corrected chi connectivity index (χ3v) is 4.33. The predicted octanol–water partition coefficient (Wildman–Crippen LogP) is 3.93. The molecular formula is C22H23N3O2. The Bertz CT molecular complexity index is 959. The lowest BCUT2D eigenvalue weighted by Crippen LogP contribution is -2.24. The second-order valence-electron chi connectivity index (χ2n) is 6.34. The number of carbonyl (C=O) groups excluding carboxylic acids is 1. The van der Waals surface area contributed by atoms with Crippen molar-refractivity contribution in [3.8, 4) is 11.4 Å². The minimum Gasteiger partial charge on any atom is -0.483 e. The lowest BCUT2D eigenvalue weighted by molar-refractivity contribution is -0.123. The zero-order valence-electron chi connectivity index (χ0n) is 15.8. The van der Waals surface area contributed by atoms with E-state index < -0.39 is 0 Å². The first-order valence-electron chi connectivity index (χ1n) is 8.81. The summed E-state index contributed by atoms with van der Waals surface area (Å²) in [6, 6.07) is 19.8. The molecule has 0 bridgehead atoms. The number of nitrogens with zero attached hydrogens (tertiary/aromatic N) is 2. The molecule has 3 rings (SSSR count). The van der Waals surface area contributed by atoms with Crippen LogP contribution >= 0.6 is 0 Å². The van der Waals surface area contributed by atoms with Crippen LogP contribution in [0.15, 0.2) is 65.8 Å². The molecule has 138 valence electrons. The highest BCUT2D eigenvalue weighted by atomic mass is 16.5. The Hall–Kier alpha value is -3.34. The second kappa shape index (κ2) is 8.36. The van der Waals surface area contributed by atoms with Crippen LogP contribution in [0.4, 0.5) is 0 Å². The number of nitrogens with one attached hydrogen (secondary N) is 1. The van der Waals surface area contributed by atoms with Crippen LogP contribution in [0.1, 0.15) is 22.5 Å². The summed E-state index contributed by atoms with van der Waals surface area (Å²) < 4.78 is 7.67. The van der Waals surface area contributed by atoms with Crippen LogP contribution in [-0.2, 0) is 4.79 Å². The number of aromatic nitrogens is 1. The molecule has 0 fully saturated rings. The first-order valence-corrected chi connectivity index (χ1v) is 8.81. The first-order chi connectivity index (χ1) is 13.1. The maximum atomic E-state index is 11.9. The Morgan fingerprint density at radius 1 is 1.07 bits per heavy atom. The topological polar surface area (TPSA) is 55.6 Å². The van der Waals surface area contributed by atoms with Gasteiger partial charge in [0.1, 0.15) is 5.75 Å². The quantitative estimate of drug-likeness (QED) is 0.534. The summed E-state index contributed by atoms with van der Waals surface area (Å²) in [4.78, 5) is 11.9. The van der Waals surface area contributed by atoms with Crippen molar-refractivity contribution in [2.75, 3.05) is 6.61 Å². The van der Waals surface area contributed by atoms with Gasteiger partial charge in [-0.3, -0.25) is 4.79 Å². The van der Waals surface area contributed by atoms with Gasteiger partial charge < -0.3 is 9.30 Å². The Morgan fingerprint density at radius 3 is 2.52 bits per heavy atom. The van der Waals surface area contributed by atoms with Crippen molar-refractivity contribution in [3.05, 3.63) is 83.2 Å². The minimum atomic E-state index is -0.300. The highest BCUT2D eigenvalue weighted by molar-refractivity contribution is 5.84. The number of ether oxygens (including phenoxy) is 1. The Kier molecular flexibility index (Phi) is 5.71. The molecule has 0 aliphatic rings. The van der Waals surface area contributed by atoms with Crippen LogP contribution < -0.4 is 10.2 Å². The van der Waals surface area contributed by atoms with Crippen LogP contribution in [0.2, 0.25) is 0 Å². The minimum absolute atomic E-state index is 0.0781. The molecule has 5 nitrogen and oxygen atoms in total. The summed E-state index contributed by atoms with van der Waals surface area (Å²) in [5.41, 5.74) is 7.72. The van der Waals surface area contributed by atoms with Crippen molar-refractivity contribution in [2.45, 2.75) is 20.8 Å². The fourth-order valence-corrected chi connectivity index (χ4v) is 2.96. The zero-order chi connectivity index (χ0) is 19.2. The standard InChI is InChI=1S/C22H23N3O2/c1-16-9-7-8-12-21(16)27-15-22(26)24-23-14-19-13-17(2)25(18(19)3)20-10-5-4-6-11-20/h4-14H,15H2,1-3H3,(H,24,26)/b23-14-. The molecule has 0 aliphatic heterocycles. The van der Waals surface area contributed by atoms with Crippen molar-refractivity contribution in [1.82, 2.24) is 9.99 Å². The summed E-state index contributed by atoms with van der Waals surface area (Å²) in [6.45, 7) is 5.94. The van der Waals surface area contributed by atoms with E-state index in [1.807, 2.05) is 69.3 Å².